The zero-order chi connectivity index (χ0) is 15.4. The molecule has 1 aliphatic rings. The van der Waals surface area contributed by atoms with E-state index in [0.29, 0.717) is 26.2 Å². The third kappa shape index (κ3) is 3.11. The van der Waals surface area contributed by atoms with Crippen molar-refractivity contribution in [3.05, 3.63) is 47.0 Å². The van der Waals surface area contributed by atoms with Crippen molar-refractivity contribution in [2.45, 2.75) is 6.54 Å². The van der Waals surface area contributed by atoms with Gasteiger partial charge in [-0.25, -0.2) is 4.68 Å². The van der Waals surface area contributed by atoms with E-state index >= 15 is 0 Å². The summed E-state index contributed by atoms with van der Waals surface area (Å²) in [6.45, 7) is 2.56. The number of aromatic nitrogens is 4. The summed E-state index contributed by atoms with van der Waals surface area (Å²) >= 11 is 0. The van der Waals surface area contributed by atoms with Crippen LogP contribution in [0, 0.1) is 0 Å². The molecule has 2 aromatic heterocycles. The first-order chi connectivity index (χ1) is 10.7. The van der Waals surface area contributed by atoms with Gasteiger partial charge in [-0.15, -0.1) is 5.10 Å². The van der Waals surface area contributed by atoms with Crippen molar-refractivity contribution < 1.29 is 4.79 Å². The molecule has 1 aliphatic heterocycles. The second kappa shape index (κ2) is 6.33. The Morgan fingerprint density at radius 3 is 2.55 bits per heavy atom. The quantitative estimate of drug-likeness (QED) is 0.751. The van der Waals surface area contributed by atoms with E-state index in [9.17, 15) is 9.59 Å². The summed E-state index contributed by atoms with van der Waals surface area (Å²) in [4.78, 5) is 27.7. The molecule has 0 saturated carbocycles. The first-order valence-electron chi connectivity index (χ1n) is 7.06. The highest BCUT2D eigenvalue weighted by Crippen LogP contribution is 2.11. The van der Waals surface area contributed by atoms with Gasteiger partial charge in [-0.1, -0.05) is 0 Å². The molecule has 0 aromatic carbocycles. The van der Waals surface area contributed by atoms with Gasteiger partial charge < -0.3 is 9.80 Å². The number of carbonyl (C=O) groups excluding carboxylic acids is 1. The molecule has 1 amide bonds. The third-order valence-corrected chi connectivity index (χ3v) is 3.58. The molecule has 0 aliphatic carbocycles. The van der Waals surface area contributed by atoms with E-state index in [-0.39, 0.29) is 18.0 Å². The summed E-state index contributed by atoms with van der Waals surface area (Å²) in [6.07, 6.45) is 3.13. The van der Waals surface area contributed by atoms with Crippen molar-refractivity contribution in [2.75, 3.05) is 31.1 Å². The van der Waals surface area contributed by atoms with Gasteiger partial charge in [-0.05, 0) is 18.2 Å². The summed E-state index contributed by atoms with van der Waals surface area (Å²) in [5.74, 6) is 0.718. The minimum atomic E-state index is -0.269. The lowest BCUT2D eigenvalue weighted by Gasteiger charge is -2.35. The maximum atomic E-state index is 12.2. The number of carbonyl (C=O) groups is 1. The average Bonchev–Trinajstić information content (AvgIpc) is 2.58. The van der Waals surface area contributed by atoms with Crippen molar-refractivity contribution in [3.8, 4) is 0 Å². The predicted octanol–water partition coefficient (Wildman–Crippen LogP) is -0.618. The van der Waals surface area contributed by atoms with Gasteiger partial charge in [0.25, 0.3) is 5.56 Å². The Morgan fingerprint density at radius 2 is 1.86 bits per heavy atom. The third-order valence-electron chi connectivity index (χ3n) is 3.58. The van der Waals surface area contributed by atoms with Crippen LogP contribution >= 0.6 is 0 Å². The molecule has 0 atom stereocenters. The van der Waals surface area contributed by atoms with E-state index in [1.165, 1.54) is 16.9 Å². The zero-order valence-corrected chi connectivity index (χ0v) is 12.0. The number of piperazine rings is 1. The molecule has 0 bridgehead atoms. The maximum Gasteiger partial charge on any atom is 0.267 e. The molecule has 1 saturated heterocycles. The molecule has 3 rings (SSSR count). The molecule has 114 valence electrons. The number of anilines is 1. The lowest BCUT2D eigenvalue weighted by atomic mass is 10.3. The van der Waals surface area contributed by atoms with Crippen molar-refractivity contribution in [2.24, 2.45) is 0 Å². The Balaban J connectivity index is 1.58. The summed E-state index contributed by atoms with van der Waals surface area (Å²) < 4.78 is 1.18. The van der Waals surface area contributed by atoms with E-state index in [1.54, 1.807) is 17.2 Å². The number of hydrogen-bond acceptors (Lipinski definition) is 6. The fourth-order valence-corrected chi connectivity index (χ4v) is 2.38. The van der Waals surface area contributed by atoms with Gasteiger partial charge in [0.1, 0.15) is 6.54 Å². The smallest absolute Gasteiger partial charge is 0.267 e. The van der Waals surface area contributed by atoms with E-state index in [0.717, 1.165) is 5.82 Å². The molecule has 8 nitrogen and oxygen atoms in total. The fraction of sp³-hybridized carbons (Fsp3) is 0.357. The van der Waals surface area contributed by atoms with Crippen LogP contribution in [0.5, 0.6) is 0 Å². The average molecular weight is 300 g/mol. The van der Waals surface area contributed by atoms with Gasteiger partial charge in [-0.3, -0.25) is 9.59 Å². The Bertz CT molecular complexity index is 694. The maximum absolute atomic E-state index is 12.2. The second-order valence-corrected chi connectivity index (χ2v) is 4.97. The number of hydrogen-bond donors (Lipinski definition) is 0. The van der Waals surface area contributed by atoms with Crippen LogP contribution in [0.1, 0.15) is 0 Å². The summed E-state index contributed by atoms with van der Waals surface area (Å²) in [5, 5.41) is 11.8. The Kier molecular flexibility index (Phi) is 4.08. The van der Waals surface area contributed by atoms with Crippen molar-refractivity contribution >= 4 is 11.7 Å². The van der Waals surface area contributed by atoms with Crippen molar-refractivity contribution in [3.63, 3.8) is 0 Å². The highest BCUT2D eigenvalue weighted by atomic mass is 16.2. The van der Waals surface area contributed by atoms with Gasteiger partial charge in [0.05, 0.1) is 0 Å². The molecule has 0 N–H and O–H groups in total. The molecule has 0 unspecified atom stereocenters. The van der Waals surface area contributed by atoms with Crippen LogP contribution in [0.4, 0.5) is 5.82 Å². The summed E-state index contributed by atoms with van der Waals surface area (Å²) in [5.41, 5.74) is -0.269. The standard InChI is InChI=1S/C14H16N6O2/c21-13-4-2-6-16-20(13)11-14(22)19-9-7-18(8-10-19)12-3-1-5-15-17-12/h1-6H,7-11H2. The first kappa shape index (κ1) is 14.2. The Hall–Kier alpha value is -2.77. The summed E-state index contributed by atoms with van der Waals surface area (Å²) in [7, 11) is 0. The topological polar surface area (TPSA) is 84.2 Å². The molecule has 8 heteroatoms. The van der Waals surface area contributed by atoms with E-state index in [4.69, 9.17) is 0 Å². The largest absolute Gasteiger partial charge is 0.352 e. The van der Waals surface area contributed by atoms with Crippen LogP contribution in [0.15, 0.2) is 41.5 Å². The minimum Gasteiger partial charge on any atom is -0.352 e. The van der Waals surface area contributed by atoms with Crippen molar-refractivity contribution in [1.82, 2.24) is 24.9 Å². The van der Waals surface area contributed by atoms with Gasteiger partial charge >= 0.3 is 0 Å². The highest BCUT2D eigenvalue weighted by Gasteiger charge is 2.22. The van der Waals surface area contributed by atoms with Gasteiger partial charge in [0.15, 0.2) is 5.82 Å². The van der Waals surface area contributed by atoms with Crippen LogP contribution < -0.4 is 10.5 Å². The van der Waals surface area contributed by atoms with E-state index < -0.39 is 0 Å². The highest BCUT2D eigenvalue weighted by molar-refractivity contribution is 5.76. The van der Waals surface area contributed by atoms with Crippen LogP contribution in [0.2, 0.25) is 0 Å². The van der Waals surface area contributed by atoms with Gasteiger partial charge in [0, 0.05) is 44.6 Å². The van der Waals surface area contributed by atoms with Crippen LogP contribution in [-0.4, -0.2) is 57.0 Å². The van der Waals surface area contributed by atoms with Crippen molar-refractivity contribution in [1.29, 1.82) is 0 Å². The molecule has 3 heterocycles. The number of nitrogens with zero attached hydrogens (tertiary/aromatic N) is 6. The van der Waals surface area contributed by atoms with E-state index in [1.807, 2.05) is 12.1 Å². The normalized spacial score (nSPS) is 14.9. The first-order valence-corrected chi connectivity index (χ1v) is 7.06. The molecule has 2 aromatic rings. The van der Waals surface area contributed by atoms with Gasteiger partial charge in [-0.2, -0.15) is 10.2 Å². The molecular weight excluding hydrogens is 284 g/mol. The number of amides is 1. The number of rotatable bonds is 3. The van der Waals surface area contributed by atoms with Crippen LogP contribution in [-0.2, 0) is 11.3 Å². The lowest BCUT2D eigenvalue weighted by Crippen LogP contribution is -2.50. The predicted molar refractivity (Wildman–Crippen MR) is 79.3 cm³/mol. The van der Waals surface area contributed by atoms with E-state index in [2.05, 4.69) is 20.2 Å². The zero-order valence-electron chi connectivity index (χ0n) is 12.0. The Morgan fingerprint density at radius 1 is 1.09 bits per heavy atom. The lowest BCUT2D eigenvalue weighted by molar-refractivity contribution is -0.132. The van der Waals surface area contributed by atoms with Crippen LogP contribution in [0.25, 0.3) is 0 Å². The Labute approximate surface area is 127 Å². The minimum absolute atomic E-state index is 0.0230. The molecular formula is C14H16N6O2. The molecule has 1 fully saturated rings. The fourth-order valence-electron chi connectivity index (χ4n) is 2.38. The van der Waals surface area contributed by atoms with Gasteiger partial charge in [0.2, 0.25) is 5.91 Å². The molecule has 0 radical (unpaired) electrons. The molecule has 22 heavy (non-hydrogen) atoms. The van der Waals surface area contributed by atoms with Crippen LogP contribution in [0.3, 0.4) is 0 Å². The summed E-state index contributed by atoms with van der Waals surface area (Å²) in [6, 6.07) is 6.69. The monoisotopic (exact) mass is 300 g/mol. The second-order valence-electron chi connectivity index (χ2n) is 4.97. The molecule has 0 spiro atoms. The SMILES string of the molecule is O=C(Cn1ncccc1=O)N1CCN(c2cccnn2)CC1.